The Bertz CT molecular complexity index is 281. The quantitative estimate of drug-likeness (QED) is 0.619. The molecule has 0 aliphatic rings. The zero-order chi connectivity index (χ0) is 13.2. The van der Waals surface area contributed by atoms with Crippen molar-refractivity contribution < 1.29 is 44.8 Å². The summed E-state index contributed by atoms with van der Waals surface area (Å²) < 4.78 is 89.1. The Morgan fingerprint density at radius 1 is 1.31 bits per heavy atom. The number of hydrogen-bond acceptors (Lipinski definition) is 3. The van der Waals surface area contributed by atoms with Crippen LogP contribution in [-0.2, 0) is 13.6 Å². The Hall–Kier alpha value is -0.310. The molecule has 0 bridgehead atoms. The van der Waals surface area contributed by atoms with Gasteiger partial charge in [-0.1, -0.05) is 0 Å². The second-order valence-electron chi connectivity index (χ2n) is 2.42. The molecule has 2 unspecified atom stereocenters. The van der Waals surface area contributed by atoms with Crippen LogP contribution < -0.4 is 0 Å². The Kier molecular flexibility index (Phi) is 4.81. The molecule has 11 heteroatoms. The number of alkyl halides is 6. The van der Waals surface area contributed by atoms with Gasteiger partial charge in [-0.3, -0.25) is 4.52 Å². The van der Waals surface area contributed by atoms with Crippen molar-refractivity contribution in [2.45, 2.75) is 25.4 Å². The fourth-order valence-corrected chi connectivity index (χ4v) is 1.47. The molecule has 0 spiro atoms. The smallest absolute Gasteiger partial charge is 0.302 e. The van der Waals surface area contributed by atoms with E-state index in [1.807, 2.05) is 0 Å². The van der Waals surface area contributed by atoms with E-state index in [1.165, 1.54) is 0 Å². The third-order valence-electron chi connectivity index (χ3n) is 1.21. The molecule has 98 valence electrons. The van der Waals surface area contributed by atoms with Crippen LogP contribution >= 0.6 is 7.82 Å². The van der Waals surface area contributed by atoms with Crippen LogP contribution in [0.2, 0.25) is 0 Å². The summed E-state index contributed by atoms with van der Waals surface area (Å²) in [4.78, 5) is 8.50. The fraction of sp³-hybridized carbons (Fsp3) is 1.00. The van der Waals surface area contributed by atoms with E-state index in [0.29, 0.717) is 0 Å². The van der Waals surface area contributed by atoms with Gasteiger partial charge in [-0.15, -0.1) is 0 Å². The third kappa shape index (κ3) is 3.62. The molecule has 0 aromatic rings. The number of rotatable bonds is 5. The van der Waals surface area contributed by atoms with E-state index < -0.39 is 32.9 Å². The number of halogens is 6. The first kappa shape index (κ1) is 15.7. The van der Waals surface area contributed by atoms with Crippen LogP contribution in [0.4, 0.5) is 26.3 Å². The maximum atomic E-state index is 12.7. The van der Waals surface area contributed by atoms with Gasteiger partial charge in [0.05, 0.1) is 6.61 Å². The molecule has 0 radical (unpaired) electrons. The maximum absolute atomic E-state index is 12.7. The van der Waals surface area contributed by atoms with Gasteiger partial charge in [0.25, 0.3) is 0 Å². The monoisotopic (exact) mass is 276 g/mol. The highest BCUT2D eigenvalue weighted by molar-refractivity contribution is 7.47. The predicted molar refractivity (Wildman–Crippen MR) is 38.4 cm³/mol. The van der Waals surface area contributed by atoms with E-state index >= 15 is 0 Å². The Morgan fingerprint density at radius 2 is 1.75 bits per heavy atom. The second-order valence-corrected chi connectivity index (χ2v) is 3.80. The predicted octanol–water partition coefficient (Wildman–Crippen LogP) is 2.63. The summed E-state index contributed by atoms with van der Waals surface area (Å²) in [6.45, 7) is 0.451. The first-order valence-corrected chi connectivity index (χ1v) is 5.17. The van der Waals surface area contributed by atoms with Crippen LogP contribution in [0.5, 0.6) is 0 Å². The molecule has 16 heavy (non-hydrogen) atoms. The van der Waals surface area contributed by atoms with E-state index in [4.69, 9.17) is 4.89 Å². The topological polar surface area (TPSA) is 55.8 Å². The van der Waals surface area contributed by atoms with Crippen molar-refractivity contribution in [3.05, 3.63) is 0 Å². The molecule has 0 aliphatic carbocycles. The lowest BCUT2D eigenvalue weighted by atomic mass is 10.3. The van der Waals surface area contributed by atoms with Crippen molar-refractivity contribution in [3.8, 4) is 0 Å². The molecule has 2 atom stereocenters. The molecular weight excluding hydrogens is 269 g/mol. The maximum Gasteiger partial charge on any atom is 0.475 e. The van der Waals surface area contributed by atoms with Gasteiger partial charge in [0.1, 0.15) is 0 Å². The summed E-state index contributed by atoms with van der Waals surface area (Å²) in [7, 11) is -5.54. The van der Waals surface area contributed by atoms with Crippen LogP contribution in [0.15, 0.2) is 0 Å². The zero-order valence-corrected chi connectivity index (χ0v) is 8.57. The standard InChI is InChI=1S/C5H7F6O4P/c1-2-14-16(12,13)15-4(8,3(6)7)5(9,10)11/h3H,2H2,1H3,(H,12,13). The lowest BCUT2D eigenvalue weighted by Crippen LogP contribution is -2.49. The SMILES string of the molecule is CCOP(=O)(O)OC(F)(C(F)F)C(F)(F)F. The molecule has 0 aromatic carbocycles. The largest absolute Gasteiger partial charge is 0.475 e. The van der Waals surface area contributed by atoms with Gasteiger partial charge in [-0.2, -0.15) is 17.6 Å². The lowest BCUT2D eigenvalue weighted by molar-refractivity contribution is -0.344. The van der Waals surface area contributed by atoms with Crippen molar-refractivity contribution in [1.29, 1.82) is 0 Å². The highest BCUT2D eigenvalue weighted by atomic mass is 31.2. The molecule has 1 N–H and O–H groups in total. The third-order valence-corrected chi connectivity index (χ3v) is 2.29. The summed E-state index contributed by atoms with van der Waals surface area (Å²) in [5.74, 6) is -5.55. The summed E-state index contributed by atoms with van der Waals surface area (Å²) in [5, 5.41) is 0. The highest BCUT2D eigenvalue weighted by Gasteiger charge is 2.67. The molecule has 4 nitrogen and oxygen atoms in total. The van der Waals surface area contributed by atoms with E-state index in [2.05, 4.69) is 9.05 Å². The van der Waals surface area contributed by atoms with E-state index in [1.54, 1.807) is 0 Å². The average Bonchev–Trinajstić information content (AvgIpc) is 1.99. The lowest BCUT2D eigenvalue weighted by Gasteiger charge is -2.27. The van der Waals surface area contributed by atoms with Crippen LogP contribution in [0, 0.1) is 0 Å². The van der Waals surface area contributed by atoms with E-state index in [9.17, 15) is 30.9 Å². The van der Waals surface area contributed by atoms with Crippen LogP contribution in [-0.4, -0.2) is 30.0 Å². The average molecular weight is 276 g/mol. The fourth-order valence-electron chi connectivity index (χ4n) is 0.573. The number of phosphoric acid groups is 1. The number of hydrogen-bond donors (Lipinski definition) is 1. The minimum Gasteiger partial charge on any atom is -0.302 e. The summed E-state index contributed by atoms with van der Waals surface area (Å²) in [5.41, 5.74) is 0. The van der Waals surface area contributed by atoms with Crippen LogP contribution in [0.25, 0.3) is 0 Å². The molecular formula is C5H7F6O4P. The van der Waals surface area contributed by atoms with Crippen molar-refractivity contribution >= 4 is 7.82 Å². The van der Waals surface area contributed by atoms with E-state index in [0.717, 1.165) is 6.92 Å². The van der Waals surface area contributed by atoms with Gasteiger partial charge in [-0.25, -0.2) is 17.9 Å². The summed E-state index contributed by atoms with van der Waals surface area (Å²) in [6, 6.07) is 0. The molecule has 0 amide bonds. The molecule has 0 saturated heterocycles. The zero-order valence-electron chi connectivity index (χ0n) is 7.67. The Balaban J connectivity index is 5.05. The van der Waals surface area contributed by atoms with Gasteiger partial charge in [0.15, 0.2) is 0 Å². The highest BCUT2D eigenvalue weighted by Crippen LogP contribution is 2.53. The van der Waals surface area contributed by atoms with Gasteiger partial charge < -0.3 is 4.89 Å². The van der Waals surface area contributed by atoms with Crippen molar-refractivity contribution in [2.75, 3.05) is 6.61 Å². The summed E-state index contributed by atoms with van der Waals surface area (Å²) >= 11 is 0. The van der Waals surface area contributed by atoms with Gasteiger partial charge in [0, 0.05) is 0 Å². The van der Waals surface area contributed by atoms with Crippen LogP contribution in [0.3, 0.4) is 0 Å². The minimum absolute atomic E-state index is 0.620. The van der Waals surface area contributed by atoms with Crippen molar-refractivity contribution in [2.24, 2.45) is 0 Å². The molecule has 0 rings (SSSR count). The first-order valence-electron chi connectivity index (χ1n) is 3.68. The minimum atomic E-state index is -6.17. The first-order chi connectivity index (χ1) is 6.96. The summed E-state index contributed by atoms with van der Waals surface area (Å²) in [6.07, 6.45) is -10.9. The normalized spacial score (nSPS) is 20.6. The second kappa shape index (κ2) is 4.91. The Morgan fingerprint density at radius 3 is 2.00 bits per heavy atom. The molecule has 0 fully saturated rings. The van der Waals surface area contributed by atoms with Crippen LogP contribution in [0.1, 0.15) is 6.92 Å². The van der Waals surface area contributed by atoms with Gasteiger partial charge >= 0.3 is 26.3 Å². The molecule has 0 aliphatic heterocycles. The van der Waals surface area contributed by atoms with Gasteiger partial charge in [-0.05, 0) is 6.92 Å². The Labute approximate surface area is 85.8 Å². The molecule has 0 saturated carbocycles. The molecule has 0 aromatic heterocycles. The van der Waals surface area contributed by atoms with Crippen molar-refractivity contribution in [3.63, 3.8) is 0 Å². The number of phosphoric ester groups is 1. The van der Waals surface area contributed by atoms with E-state index in [-0.39, 0.29) is 0 Å². The van der Waals surface area contributed by atoms with Crippen molar-refractivity contribution in [1.82, 2.24) is 0 Å². The van der Waals surface area contributed by atoms with Gasteiger partial charge in [0.2, 0.25) is 0 Å². The molecule has 0 heterocycles.